The third kappa shape index (κ3) is 5.44. The van der Waals surface area contributed by atoms with Crippen molar-refractivity contribution in [1.29, 1.82) is 0 Å². The van der Waals surface area contributed by atoms with E-state index >= 15 is 0 Å². The van der Waals surface area contributed by atoms with Crippen LogP contribution in [-0.4, -0.2) is 41.6 Å². The molecule has 1 aliphatic heterocycles. The van der Waals surface area contributed by atoms with Gasteiger partial charge in [0.15, 0.2) is 0 Å². The number of halogens is 3. The van der Waals surface area contributed by atoms with Crippen LogP contribution in [0, 0.1) is 5.92 Å². The number of nitrogens with one attached hydrogen (secondary N) is 1. The number of aliphatic hydroxyl groups is 1. The summed E-state index contributed by atoms with van der Waals surface area (Å²) in [6, 6.07) is 5.00. The molecule has 0 aromatic heterocycles. The molecular weight excluding hydrogens is 333 g/mol. The SMILES string of the molecule is CC(C)N1CCC(C(=O)NC[C@@H](O)c2cccc(C(F)(F)F)c2)CC1. The Morgan fingerprint density at radius 3 is 2.52 bits per heavy atom. The average molecular weight is 358 g/mol. The molecule has 0 spiro atoms. The fourth-order valence-electron chi connectivity index (χ4n) is 3.06. The first-order chi connectivity index (χ1) is 11.7. The summed E-state index contributed by atoms with van der Waals surface area (Å²) < 4.78 is 38.2. The molecule has 1 aromatic rings. The molecule has 1 aliphatic rings. The molecule has 0 bridgehead atoms. The van der Waals surface area contributed by atoms with Crippen molar-refractivity contribution < 1.29 is 23.1 Å². The van der Waals surface area contributed by atoms with Crippen LogP contribution in [0.5, 0.6) is 0 Å². The highest BCUT2D eigenvalue weighted by Gasteiger charge is 2.31. The predicted octanol–water partition coefficient (Wildman–Crippen LogP) is 2.98. The van der Waals surface area contributed by atoms with Crippen molar-refractivity contribution in [1.82, 2.24) is 10.2 Å². The zero-order chi connectivity index (χ0) is 18.6. The van der Waals surface area contributed by atoms with Gasteiger partial charge in [-0.05, 0) is 57.5 Å². The number of aliphatic hydroxyl groups excluding tert-OH is 1. The minimum atomic E-state index is -4.45. The van der Waals surface area contributed by atoms with Crippen molar-refractivity contribution in [3.63, 3.8) is 0 Å². The standard InChI is InChI=1S/C18H25F3N2O2/c1-12(2)23-8-6-13(7-9-23)17(25)22-11-16(24)14-4-3-5-15(10-14)18(19,20)21/h3-5,10,12-13,16,24H,6-9,11H2,1-2H3,(H,22,25)/t16-/m1/s1. The number of nitrogens with zero attached hydrogens (tertiary/aromatic N) is 1. The Bertz CT molecular complexity index is 582. The topological polar surface area (TPSA) is 52.6 Å². The number of benzene rings is 1. The second-order valence-electron chi connectivity index (χ2n) is 6.79. The maximum atomic E-state index is 12.7. The number of carbonyl (C=O) groups excluding carboxylic acids is 1. The first-order valence-electron chi connectivity index (χ1n) is 8.55. The molecule has 1 saturated heterocycles. The number of likely N-dealkylation sites (tertiary alicyclic amines) is 1. The molecule has 2 N–H and O–H groups in total. The Morgan fingerprint density at radius 2 is 1.96 bits per heavy atom. The lowest BCUT2D eigenvalue weighted by molar-refractivity contribution is -0.137. The molecule has 0 radical (unpaired) electrons. The molecule has 1 fully saturated rings. The fraction of sp³-hybridized carbons (Fsp3) is 0.611. The minimum absolute atomic E-state index is 0.0927. The number of alkyl halides is 3. The number of hydrogen-bond donors (Lipinski definition) is 2. The molecule has 0 saturated carbocycles. The molecule has 0 aliphatic carbocycles. The third-order valence-electron chi connectivity index (χ3n) is 4.70. The van der Waals surface area contributed by atoms with Crippen molar-refractivity contribution in [3.8, 4) is 0 Å². The lowest BCUT2D eigenvalue weighted by atomic mass is 9.95. The number of hydrogen-bond acceptors (Lipinski definition) is 3. The Kier molecular flexibility index (Phi) is 6.46. The molecule has 1 amide bonds. The van der Waals surface area contributed by atoms with Gasteiger partial charge in [0, 0.05) is 18.5 Å². The zero-order valence-electron chi connectivity index (χ0n) is 14.5. The highest BCUT2D eigenvalue weighted by atomic mass is 19.4. The monoisotopic (exact) mass is 358 g/mol. The lowest BCUT2D eigenvalue weighted by Gasteiger charge is -2.34. The van der Waals surface area contributed by atoms with Gasteiger partial charge in [-0.25, -0.2) is 0 Å². The van der Waals surface area contributed by atoms with Crippen molar-refractivity contribution >= 4 is 5.91 Å². The van der Waals surface area contributed by atoms with Crippen LogP contribution >= 0.6 is 0 Å². The normalized spacial score (nSPS) is 18.4. The first kappa shape index (κ1) is 19.7. The van der Waals surface area contributed by atoms with E-state index in [1.807, 2.05) is 0 Å². The van der Waals surface area contributed by atoms with Crippen molar-refractivity contribution in [2.75, 3.05) is 19.6 Å². The van der Waals surface area contributed by atoms with E-state index in [4.69, 9.17) is 0 Å². The van der Waals surface area contributed by atoms with Crippen LogP contribution < -0.4 is 5.32 Å². The van der Waals surface area contributed by atoms with Gasteiger partial charge in [0.2, 0.25) is 5.91 Å². The summed E-state index contributed by atoms with van der Waals surface area (Å²) in [4.78, 5) is 14.5. The highest BCUT2D eigenvalue weighted by molar-refractivity contribution is 5.78. The molecule has 1 atom stereocenters. The van der Waals surface area contributed by atoms with Gasteiger partial charge in [-0.15, -0.1) is 0 Å². The van der Waals surface area contributed by atoms with Gasteiger partial charge in [0.1, 0.15) is 0 Å². The second kappa shape index (κ2) is 8.19. The second-order valence-corrected chi connectivity index (χ2v) is 6.79. The van der Waals surface area contributed by atoms with Gasteiger partial charge in [-0.3, -0.25) is 4.79 Å². The Hall–Kier alpha value is -1.60. The van der Waals surface area contributed by atoms with Gasteiger partial charge in [-0.2, -0.15) is 13.2 Å². The van der Waals surface area contributed by atoms with E-state index in [1.165, 1.54) is 12.1 Å². The van der Waals surface area contributed by atoms with Crippen LogP contribution in [0.4, 0.5) is 13.2 Å². The van der Waals surface area contributed by atoms with Gasteiger partial charge in [-0.1, -0.05) is 12.1 Å². The predicted molar refractivity (Wildman–Crippen MR) is 88.8 cm³/mol. The quantitative estimate of drug-likeness (QED) is 0.851. The smallest absolute Gasteiger partial charge is 0.387 e. The number of piperidine rings is 1. The van der Waals surface area contributed by atoms with Gasteiger partial charge >= 0.3 is 6.18 Å². The molecule has 2 rings (SSSR count). The Balaban J connectivity index is 1.86. The lowest BCUT2D eigenvalue weighted by Crippen LogP contribution is -2.43. The van der Waals surface area contributed by atoms with Crippen molar-refractivity contribution in [2.24, 2.45) is 5.92 Å². The summed E-state index contributed by atoms with van der Waals surface area (Å²) >= 11 is 0. The third-order valence-corrected chi connectivity index (χ3v) is 4.70. The van der Waals surface area contributed by atoms with Crippen LogP contribution in [0.25, 0.3) is 0 Å². The van der Waals surface area contributed by atoms with Gasteiger partial charge in [0.25, 0.3) is 0 Å². The van der Waals surface area contributed by atoms with Crippen LogP contribution in [-0.2, 0) is 11.0 Å². The molecule has 7 heteroatoms. The average Bonchev–Trinajstić information content (AvgIpc) is 2.58. The number of amides is 1. The van der Waals surface area contributed by atoms with Crippen molar-refractivity contribution in [3.05, 3.63) is 35.4 Å². The Morgan fingerprint density at radius 1 is 1.32 bits per heavy atom. The van der Waals surface area contributed by atoms with E-state index in [-0.39, 0.29) is 23.9 Å². The van der Waals surface area contributed by atoms with Gasteiger partial charge in [0.05, 0.1) is 11.7 Å². The van der Waals surface area contributed by atoms with Crippen LogP contribution in [0.15, 0.2) is 24.3 Å². The molecule has 4 nitrogen and oxygen atoms in total. The summed E-state index contributed by atoms with van der Waals surface area (Å²) in [5.74, 6) is -0.252. The molecule has 140 valence electrons. The zero-order valence-corrected chi connectivity index (χ0v) is 14.5. The first-order valence-corrected chi connectivity index (χ1v) is 8.55. The Labute approximate surface area is 146 Å². The van der Waals surface area contributed by atoms with Crippen LogP contribution in [0.3, 0.4) is 0 Å². The maximum Gasteiger partial charge on any atom is 0.416 e. The molecule has 0 unspecified atom stereocenters. The minimum Gasteiger partial charge on any atom is -0.387 e. The van der Waals surface area contributed by atoms with E-state index < -0.39 is 17.8 Å². The summed E-state index contributed by atoms with van der Waals surface area (Å²) in [7, 11) is 0. The fourth-order valence-corrected chi connectivity index (χ4v) is 3.06. The number of carbonyl (C=O) groups is 1. The molecule has 1 aromatic carbocycles. The van der Waals surface area contributed by atoms with Crippen LogP contribution in [0.2, 0.25) is 0 Å². The maximum absolute atomic E-state index is 12.7. The van der Waals surface area contributed by atoms with Crippen molar-refractivity contribution in [2.45, 2.75) is 45.0 Å². The van der Waals surface area contributed by atoms with Gasteiger partial charge < -0.3 is 15.3 Å². The summed E-state index contributed by atoms with van der Waals surface area (Å²) in [6.07, 6.45) is -4.11. The summed E-state index contributed by atoms with van der Waals surface area (Å²) in [5.41, 5.74) is -0.666. The van der Waals surface area contributed by atoms with E-state index in [2.05, 4.69) is 24.1 Å². The summed E-state index contributed by atoms with van der Waals surface area (Å²) in [6.45, 7) is 5.85. The highest BCUT2D eigenvalue weighted by Crippen LogP contribution is 2.30. The van der Waals surface area contributed by atoms with E-state index in [0.717, 1.165) is 38.1 Å². The molecular formula is C18H25F3N2O2. The number of rotatable bonds is 5. The largest absolute Gasteiger partial charge is 0.416 e. The van der Waals surface area contributed by atoms with Crippen LogP contribution in [0.1, 0.15) is 43.9 Å². The summed E-state index contributed by atoms with van der Waals surface area (Å²) in [5, 5.41) is 12.7. The van der Waals surface area contributed by atoms with E-state index in [1.54, 1.807) is 0 Å². The van der Waals surface area contributed by atoms with E-state index in [9.17, 15) is 23.1 Å². The van der Waals surface area contributed by atoms with E-state index in [0.29, 0.717) is 6.04 Å². The molecule has 25 heavy (non-hydrogen) atoms. The molecule has 1 heterocycles.